The van der Waals surface area contributed by atoms with Crippen LogP contribution in [0.3, 0.4) is 0 Å². The van der Waals surface area contributed by atoms with Crippen LogP contribution in [0.2, 0.25) is 0 Å². The third-order valence-electron chi connectivity index (χ3n) is 2.21. The average Bonchev–Trinajstić information content (AvgIpc) is 2.29. The summed E-state index contributed by atoms with van der Waals surface area (Å²) < 4.78 is 0. The Bertz CT molecular complexity index is 512. The molecule has 3 heteroatoms. The van der Waals surface area contributed by atoms with Gasteiger partial charge in [-0.15, -0.1) is 0 Å². The van der Waals surface area contributed by atoms with Crippen LogP contribution in [0.4, 0.5) is 0 Å². The minimum Gasteiger partial charge on any atom is -0.241 e. The van der Waals surface area contributed by atoms with E-state index < -0.39 is 0 Å². The summed E-state index contributed by atoms with van der Waals surface area (Å²) in [5.41, 5.74) is 3.05. The van der Waals surface area contributed by atoms with Crippen LogP contribution in [-0.4, -0.2) is 9.97 Å². The van der Waals surface area contributed by atoms with E-state index in [4.69, 9.17) is 5.26 Å². The summed E-state index contributed by atoms with van der Waals surface area (Å²) in [5.74, 6) is 0. The number of rotatable bonds is 1. The summed E-state index contributed by atoms with van der Waals surface area (Å²) in [6, 6.07) is 11.8. The molecule has 1 aromatic carbocycles. The molecular formula is C12H9N3. The third kappa shape index (κ3) is 1.70. The van der Waals surface area contributed by atoms with Crippen molar-refractivity contribution in [3.05, 3.63) is 48.0 Å². The summed E-state index contributed by atoms with van der Waals surface area (Å²) in [7, 11) is 0. The zero-order valence-electron chi connectivity index (χ0n) is 8.31. The van der Waals surface area contributed by atoms with E-state index in [9.17, 15) is 0 Å². The zero-order valence-corrected chi connectivity index (χ0v) is 8.31. The first-order valence-corrected chi connectivity index (χ1v) is 4.60. The van der Waals surface area contributed by atoms with Crippen molar-refractivity contribution in [1.29, 1.82) is 5.26 Å². The van der Waals surface area contributed by atoms with E-state index >= 15 is 0 Å². The zero-order chi connectivity index (χ0) is 10.7. The number of hydrogen-bond donors (Lipinski definition) is 0. The van der Waals surface area contributed by atoms with Crippen molar-refractivity contribution in [2.24, 2.45) is 0 Å². The molecule has 0 bridgehead atoms. The fourth-order valence-corrected chi connectivity index (χ4v) is 1.51. The van der Waals surface area contributed by atoms with Crippen molar-refractivity contribution in [2.45, 2.75) is 6.92 Å². The Hall–Kier alpha value is -2.21. The van der Waals surface area contributed by atoms with Gasteiger partial charge in [-0.25, -0.2) is 9.97 Å². The molecule has 0 aliphatic carbocycles. The van der Waals surface area contributed by atoms with Crippen molar-refractivity contribution in [2.75, 3.05) is 0 Å². The van der Waals surface area contributed by atoms with Gasteiger partial charge in [0.15, 0.2) is 5.69 Å². The number of nitrogens with zero attached hydrogens (tertiary/aromatic N) is 3. The molecule has 72 valence electrons. The van der Waals surface area contributed by atoms with Gasteiger partial charge in [0.1, 0.15) is 12.4 Å². The van der Waals surface area contributed by atoms with E-state index in [1.807, 2.05) is 37.3 Å². The summed E-state index contributed by atoms with van der Waals surface area (Å²) >= 11 is 0. The van der Waals surface area contributed by atoms with Crippen LogP contribution in [0.25, 0.3) is 11.1 Å². The Balaban J connectivity index is 2.68. The number of nitriles is 1. The largest absolute Gasteiger partial charge is 0.241 e. The van der Waals surface area contributed by atoms with Gasteiger partial charge in [-0.3, -0.25) is 0 Å². The molecular weight excluding hydrogens is 186 g/mol. The second-order valence-corrected chi connectivity index (χ2v) is 3.16. The van der Waals surface area contributed by atoms with Crippen LogP contribution in [0.15, 0.2) is 36.7 Å². The Morgan fingerprint density at radius 1 is 1.13 bits per heavy atom. The lowest BCUT2D eigenvalue weighted by Gasteiger charge is -2.05. The van der Waals surface area contributed by atoms with E-state index in [1.54, 1.807) is 0 Å². The molecule has 3 nitrogen and oxygen atoms in total. The third-order valence-corrected chi connectivity index (χ3v) is 2.21. The summed E-state index contributed by atoms with van der Waals surface area (Å²) in [4.78, 5) is 8.06. The normalized spacial score (nSPS) is 9.60. The SMILES string of the molecule is Cc1ncnc(C#N)c1-c1ccccc1. The smallest absolute Gasteiger partial charge is 0.151 e. The molecule has 0 radical (unpaired) electrons. The molecule has 0 fully saturated rings. The Morgan fingerprint density at radius 2 is 1.87 bits per heavy atom. The minimum atomic E-state index is 0.425. The van der Waals surface area contributed by atoms with Gasteiger partial charge >= 0.3 is 0 Å². The molecule has 1 aromatic heterocycles. The monoisotopic (exact) mass is 195 g/mol. The van der Waals surface area contributed by atoms with Crippen molar-refractivity contribution in [3.8, 4) is 17.2 Å². The van der Waals surface area contributed by atoms with Crippen LogP contribution in [-0.2, 0) is 0 Å². The first kappa shape index (κ1) is 9.35. The van der Waals surface area contributed by atoms with Crippen LogP contribution in [0.5, 0.6) is 0 Å². The fourth-order valence-electron chi connectivity index (χ4n) is 1.51. The van der Waals surface area contributed by atoms with Gasteiger partial charge in [0.05, 0.1) is 0 Å². The molecule has 0 saturated heterocycles. The fraction of sp³-hybridized carbons (Fsp3) is 0.0833. The summed E-state index contributed by atoms with van der Waals surface area (Å²) in [6.07, 6.45) is 1.42. The number of aryl methyl sites for hydroxylation is 1. The van der Waals surface area contributed by atoms with Crippen LogP contribution < -0.4 is 0 Å². The lowest BCUT2D eigenvalue weighted by molar-refractivity contribution is 1.09. The maximum atomic E-state index is 8.96. The predicted molar refractivity (Wildman–Crippen MR) is 56.9 cm³/mol. The van der Waals surface area contributed by atoms with Gasteiger partial charge in [0.25, 0.3) is 0 Å². The highest BCUT2D eigenvalue weighted by atomic mass is 14.8. The van der Waals surface area contributed by atoms with E-state index in [-0.39, 0.29) is 0 Å². The molecule has 15 heavy (non-hydrogen) atoms. The van der Waals surface area contributed by atoms with Crippen LogP contribution in [0, 0.1) is 18.3 Å². The van der Waals surface area contributed by atoms with Crippen LogP contribution in [0.1, 0.15) is 11.4 Å². The van der Waals surface area contributed by atoms with Crippen molar-refractivity contribution in [1.82, 2.24) is 9.97 Å². The Labute approximate surface area is 88.1 Å². The molecule has 2 rings (SSSR count). The molecule has 1 heterocycles. The number of benzene rings is 1. The average molecular weight is 195 g/mol. The van der Waals surface area contributed by atoms with Gasteiger partial charge in [-0.1, -0.05) is 30.3 Å². The van der Waals surface area contributed by atoms with E-state index in [2.05, 4.69) is 16.0 Å². The molecule has 0 aliphatic heterocycles. The molecule has 0 saturated carbocycles. The lowest BCUT2D eigenvalue weighted by Crippen LogP contribution is -1.95. The number of aromatic nitrogens is 2. The second-order valence-electron chi connectivity index (χ2n) is 3.16. The highest BCUT2D eigenvalue weighted by molar-refractivity contribution is 5.70. The van der Waals surface area contributed by atoms with Gasteiger partial charge in [0, 0.05) is 11.3 Å². The number of hydrogen-bond acceptors (Lipinski definition) is 3. The van der Waals surface area contributed by atoms with Gasteiger partial charge in [-0.2, -0.15) is 5.26 Å². The molecule has 0 N–H and O–H groups in total. The van der Waals surface area contributed by atoms with E-state index in [0.29, 0.717) is 5.69 Å². The summed E-state index contributed by atoms with van der Waals surface area (Å²) in [6.45, 7) is 1.88. The lowest BCUT2D eigenvalue weighted by atomic mass is 10.0. The summed E-state index contributed by atoms with van der Waals surface area (Å²) in [5, 5.41) is 8.96. The van der Waals surface area contributed by atoms with Gasteiger partial charge in [0.2, 0.25) is 0 Å². The standard InChI is InChI=1S/C12H9N3/c1-9-12(10-5-3-2-4-6-10)11(7-13)15-8-14-9/h2-6,8H,1H3. The molecule has 0 amide bonds. The van der Waals surface area contributed by atoms with Gasteiger partial charge < -0.3 is 0 Å². The van der Waals surface area contributed by atoms with E-state index in [1.165, 1.54) is 6.33 Å². The highest BCUT2D eigenvalue weighted by Gasteiger charge is 2.09. The van der Waals surface area contributed by atoms with Crippen molar-refractivity contribution in [3.63, 3.8) is 0 Å². The van der Waals surface area contributed by atoms with Crippen molar-refractivity contribution < 1.29 is 0 Å². The van der Waals surface area contributed by atoms with Gasteiger partial charge in [-0.05, 0) is 12.5 Å². The maximum Gasteiger partial charge on any atom is 0.151 e. The quantitative estimate of drug-likeness (QED) is 0.701. The topological polar surface area (TPSA) is 49.6 Å². The van der Waals surface area contributed by atoms with Crippen molar-refractivity contribution >= 4 is 0 Å². The Kier molecular flexibility index (Phi) is 2.42. The molecule has 0 atom stereocenters. The molecule has 0 spiro atoms. The second kappa shape index (κ2) is 3.89. The van der Waals surface area contributed by atoms with Crippen LogP contribution >= 0.6 is 0 Å². The molecule has 0 unspecified atom stereocenters. The maximum absolute atomic E-state index is 8.96. The first-order valence-electron chi connectivity index (χ1n) is 4.60. The van der Waals surface area contributed by atoms with E-state index in [0.717, 1.165) is 16.8 Å². The molecule has 0 aliphatic rings. The minimum absolute atomic E-state index is 0.425. The Morgan fingerprint density at radius 3 is 2.53 bits per heavy atom. The molecule has 2 aromatic rings. The predicted octanol–water partition coefficient (Wildman–Crippen LogP) is 2.32. The first-order chi connectivity index (χ1) is 7.33. The highest BCUT2D eigenvalue weighted by Crippen LogP contribution is 2.23.